The van der Waals surface area contributed by atoms with Crippen molar-refractivity contribution in [2.24, 2.45) is 0 Å². The molecule has 0 aliphatic carbocycles. The summed E-state index contributed by atoms with van der Waals surface area (Å²) in [4.78, 5) is 12.8. The highest BCUT2D eigenvalue weighted by molar-refractivity contribution is 7.16. The monoisotopic (exact) mass is 355 g/mol. The number of nitrogens with one attached hydrogen (secondary N) is 1. The maximum Gasteiger partial charge on any atom is 0.258 e. The van der Waals surface area contributed by atoms with Crippen molar-refractivity contribution in [3.8, 4) is 11.5 Å². The topological polar surface area (TPSA) is 56.8 Å². The molecule has 0 spiro atoms. The van der Waals surface area contributed by atoms with Crippen LogP contribution in [-0.4, -0.2) is 33.3 Å². The Morgan fingerprint density at radius 1 is 1.26 bits per heavy atom. The molecule has 2 rings (SSSR count). The Hall–Kier alpha value is -1.76. The highest BCUT2D eigenvalue weighted by atomic mass is 35.5. The minimum atomic E-state index is -0.228. The van der Waals surface area contributed by atoms with Crippen LogP contribution in [0.3, 0.4) is 0 Å². The number of hydrogen-bond donors (Lipinski definition) is 1. The quantitative estimate of drug-likeness (QED) is 0.789. The van der Waals surface area contributed by atoms with Crippen LogP contribution in [0.4, 0.5) is 0 Å². The van der Waals surface area contributed by atoms with Gasteiger partial charge in [0.1, 0.15) is 17.6 Å². The van der Waals surface area contributed by atoms with Gasteiger partial charge in [0.2, 0.25) is 0 Å². The third-order valence-corrected chi connectivity index (χ3v) is 4.41. The minimum Gasteiger partial charge on any atom is -0.497 e. The first kappa shape index (κ1) is 17.6. The van der Waals surface area contributed by atoms with E-state index in [2.05, 4.69) is 5.32 Å². The number of hydrogen-bond acceptors (Lipinski definition) is 5. The number of ether oxygens (including phenoxy) is 3. The van der Waals surface area contributed by atoms with E-state index < -0.39 is 0 Å². The Morgan fingerprint density at radius 2 is 2.04 bits per heavy atom. The molecule has 1 N–H and O–H groups in total. The number of rotatable bonds is 8. The SMILES string of the molecule is COc1cccc(OCC(=O)NCC(OC)c2ccc(Cl)s2)c1. The minimum absolute atomic E-state index is 0.0746. The maximum atomic E-state index is 11.9. The largest absolute Gasteiger partial charge is 0.497 e. The molecule has 0 radical (unpaired) electrons. The van der Waals surface area contributed by atoms with Gasteiger partial charge in [0, 0.05) is 24.6 Å². The average Bonchev–Trinajstić information content (AvgIpc) is 3.00. The fourth-order valence-electron chi connectivity index (χ4n) is 1.90. The molecule has 1 heterocycles. The normalized spacial score (nSPS) is 11.8. The Balaban J connectivity index is 1.80. The number of carbonyl (C=O) groups is 1. The number of halogens is 1. The molecule has 7 heteroatoms. The van der Waals surface area contributed by atoms with Crippen LogP contribution < -0.4 is 14.8 Å². The van der Waals surface area contributed by atoms with Gasteiger partial charge < -0.3 is 19.5 Å². The smallest absolute Gasteiger partial charge is 0.258 e. The number of amides is 1. The summed E-state index contributed by atoms with van der Waals surface area (Å²) in [7, 11) is 3.17. The van der Waals surface area contributed by atoms with E-state index in [9.17, 15) is 4.79 Å². The van der Waals surface area contributed by atoms with Crippen molar-refractivity contribution in [1.29, 1.82) is 0 Å². The van der Waals surface area contributed by atoms with Crippen LogP contribution in [0.5, 0.6) is 11.5 Å². The number of carbonyl (C=O) groups excluding carboxylic acids is 1. The molecule has 0 fully saturated rings. The van der Waals surface area contributed by atoms with Gasteiger partial charge in [0.25, 0.3) is 5.91 Å². The fourth-order valence-corrected chi connectivity index (χ4v) is 3.04. The van der Waals surface area contributed by atoms with E-state index in [0.29, 0.717) is 22.4 Å². The van der Waals surface area contributed by atoms with E-state index in [1.165, 1.54) is 11.3 Å². The van der Waals surface area contributed by atoms with E-state index in [0.717, 1.165) is 4.88 Å². The zero-order valence-corrected chi connectivity index (χ0v) is 14.4. The predicted molar refractivity (Wildman–Crippen MR) is 90.6 cm³/mol. The van der Waals surface area contributed by atoms with Gasteiger partial charge in [-0.1, -0.05) is 17.7 Å². The summed E-state index contributed by atoms with van der Waals surface area (Å²) in [5.41, 5.74) is 0. The molecule has 1 amide bonds. The van der Waals surface area contributed by atoms with Crippen molar-refractivity contribution in [2.75, 3.05) is 27.4 Å². The summed E-state index contributed by atoms with van der Waals surface area (Å²) in [5, 5.41) is 2.78. The first-order valence-electron chi connectivity index (χ1n) is 6.94. The number of benzene rings is 1. The number of thiophene rings is 1. The van der Waals surface area contributed by atoms with Crippen LogP contribution >= 0.6 is 22.9 Å². The summed E-state index contributed by atoms with van der Waals surface area (Å²) in [6.45, 7) is 0.280. The first-order valence-corrected chi connectivity index (χ1v) is 8.13. The lowest BCUT2D eigenvalue weighted by molar-refractivity contribution is -0.123. The van der Waals surface area contributed by atoms with Gasteiger partial charge in [0.15, 0.2) is 6.61 Å². The zero-order valence-electron chi connectivity index (χ0n) is 12.9. The second-order valence-corrected chi connectivity index (χ2v) is 6.38. The van der Waals surface area contributed by atoms with Crippen LogP contribution in [0, 0.1) is 0 Å². The molecule has 1 aromatic heterocycles. The summed E-state index contributed by atoms with van der Waals surface area (Å²) >= 11 is 7.34. The summed E-state index contributed by atoms with van der Waals surface area (Å²) in [6, 6.07) is 10.8. The van der Waals surface area contributed by atoms with E-state index in [1.54, 1.807) is 38.5 Å². The van der Waals surface area contributed by atoms with E-state index in [1.807, 2.05) is 12.1 Å². The van der Waals surface area contributed by atoms with Crippen molar-refractivity contribution >= 4 is 28.8 Å². The molecule has 0 aliphatic heterocycles. The van der Waals surface area contributed by atoms with Crippen LogP contribution in [0.1, 0.15) is 11.0 Å². The molecule has 5 nitrogen and oxygen atoms in total. The third kappa shape index (κ3) is 5.42. The molecule has 2 aromatic rings. The molecule has 0 saturated heterocycles. The second-order valence-electron chi connectivity index (χ2n) is 4.64. The van der Waals surface area contributed by atoms with E-state index in [4.69, 9.17) is 25.8 Å². The summed E-state index contributed by atoms with van der Waals surface area (Å²) in [5.74, 6) is 1.03. The van der Waals surface area contributed by atoms with Crippen molar-refractivity contribution in [1.82, 2.24) is 5.32 Å². The summed E-state index contributed by atoms with van der Waals surface area (Å²) < 4.78 is 16.6. The highest BCUT2D eigenvalue weighted by Crippen LogP contribution is 2.28. The van der Waals surface area contributed by atoms with Gasteiger partial charge in [-0.2, -0.15) is 0 Å². The van der Waals surface area contributed by atoms with Gasteiger partial charge in [-0.15, -0.1) is 11.3 Å². The van der Waals surface area contributed by atoms with Crippen LogP contribution in [0.15, 0.2) is 36.4 Å². The van der Waals surface area contributed by atoms with E-state index >= 15 is 0 Å². The molecule has 1 atom stereocenters. The number of methoxy groups -OCH3 is 2. The van der Waals surface area contributed by atoms with Gasteiger partial charge in [-0.3, -0.25) is 4.79 Å². The van der Waals surface area contributed by atoms with Crippen LogP contribution in [0.25, 0.3) is 0 Å². The lowest BCUT2D eigenvalue weighted by Crippen LogP contribution is -2.32. The molecule has 0 bridgehead atoms. The zero-order chi connectivity index (χ0) is 16.7. The second kappa shape index (κ2) is 8.76. The van der Waals surface area contributed by atoms with Crippen molar-refractivity contribution in [3.05, 3.63) is 45.6 Å². The van der Waals surface area contributed by atoms with Crippen molar-refractivity contribution in [3.63, 3.8) is 0 Å². The molecular weight excluding hydrogens is 338 g/mol. The Morgan fingerprint density at radius 3 is 2.70 bits per heavy atom. The average molecular weight is 356 g/mol. The van der Waals surface area contributed by atoms with E-state index in [-0.39, 0.29) is 18.6 Å². The van der Waals surface area contributed by atoms with Crippen molar-refractivity contribution in [2.45, 2.75) is 6.10 Å². The van der Waals surface area contributed by atoms with Gasteiger partial charge in [-0.25, -0.2) is 0 Å². The van der Waals surface area contributed by atoms with Gasteiger partial charge in [-0.05, 0) is 24.3 Å². The third-order valence-electron chi connectivity index (χ3n) is 3.09. The Bertz CT molecular complexity index is 647. The molecular formula is C16H18ClNO4S. The fraction of sp³-hybridized carbons (Fsp3) is 0.312. The Kier molecular flexibility index (Phi) is 6.70. The standard InChI is InChI=1S/C16H18ClNO4S/c1-20-11-4-3-5-12(8-11)22-10-16(19)18-9-13(21-2)14-6-7-15(17)23-14/h3-8,13H,9-10H2,1-2H3,(H,18,19). The van der Waals surface area contributed by atoms with Gasteiger partial charge >= 0.3 is 0 Å². The molecule has 23 heavy (non-hydrogen) atoms. The highest BCUT2D eigenvalue weighted by Gasteiger charge is 2.14. The molecule has 1 aromatic carbocycles. The first-order chi connectivity index (χ1) is 11.1. The molecule has 0 aliphatic rings. The van der Waals surface area contributed by atoms with Crippen LogP contribution in [-0.2, 0) is 9.53 Å². The van der Waals surface area contributed by atoms with Gasteiger partial charge in [0.05, 0.1) is 11.4 Å². The lowest BCUT2D eigenvalue weighted by Gasteiger charge is -2.15. The van der Waals surface area contributed by atoms with Crippen molar-refractivity contribution < 1.29 is 19.0 Å². The predicted octanol–water partition coefficient (Wildman–Crippen LogP) is 3.29. The maximum absolute atomic E-state index is 11.9. The Labute approximate surface area is 144 Å². The molecule has 0 saturated carbocycles. The lowest BCUT2D eigenvalue weighted by atomic mass is 10.3. The molecule has 1 unspecified atom stereocenters. The van der Waals surface area contributed by atoms with Crippen LogP contribution in [0.2, 0.25) is 4.34 Å². The summed E-state index contributed by atoms with van der Waals surface area (Å²) in [6.07, 6.45) is -0.228. The molecule has 124 valence electrons.